The molecule has 1 heterocycles. The normalized spacial score (nSPS) is 16.8. The Morgan fingerprint density at radius 3 is 2.00 bits per heavy atom. The van der Waals surface area contributed by atoms with E-state index < -0.39 is 0 Å². The van der Waals surface area contributed by atoms with Crippen molar-refractivity contribution in [3.8, 4) is 0 Å². The van der Waals surface area contributed by atoms with Gasteiger partial charge < -0.3 is 0 Å². The summed E-state index contributed by atoms with van der Waals surface area (Å²) in [5.41, 5.74) is 4.67. The van der Waals surface area contributed by atoms with Gasteiger partial charge in [-0.05, 0) is 47.5 Å². The fraction of sp³-hybridized carbons (Fsp3) is 0.0952. The number of para-hydroxylation sites is 1. The van der Waals surface area contributed by atoms with E-state index in [0.29, 0.717) is 0 Å². The number of hydrogen-bond acceptors (Lipinski definition) is 2. The second kappa shape index (κ2) is 7.14. The van der Waals surface area contributed by atoms with Crippen molar-refractivity contribution < 1.29 is 0 Å². The van der Waals surface area contributed by atoms with Gasteiger partial charge in [0, 0.05) is 15.4 Å². The minimum atomic E-state index is 0.203. The molecule has 2 nitrogen and oxygen atoms in total. The second-order valence-corrected chi connectivity index (χ2v) is 7.84. The lowest BCUT2D eigenvalue weighted by molar-refractivity contribution is 0.709. The van der Waals surface area contributed by atoms with E-state index in [2.05, 4.69) is 110 Å². The van der Waals surface area contributed by atoms with Crippen LogP contribution in [-0.2, 0) is 0 Å². The Kier molecular flexibility index (Phi) is 4.73. The van der Waals surface area contributed by atoms with Crippen LogP contribution < -0.4 is 5.01 Å². The minimum absolute atomic E-state index is 0.203. The summed E-state index contributed by atoms with van der Waals surface area (Å²) in [5, 5.41) is 7.10. The molecule has 1 atom stereocenters. The number of hydrogen-bond donors (Lipinski definition) is 0. The largest absolute Gasteiger partial charge is 0.257 e. The van der Waals surface area contributed by atoms with Crippen LogP contribution in [0.1, 0.15) is 23.6 Å². The van der Waals surface area contributed by atoms with Crippen LogP contribution in [0.3, 0.4) is 0 Å². The molecule has 0 fully saturated rings. The third-order valence-electron chi connectivity index (χ3n) is 4.36. The maximum Gasteiger partial charge on any atom is 0.0831 e. The van der Waals surface area contributed by atoms with Gasteiger partial charge in [-0.25, -0.2) is 0 Å². The standard InChI is InChI=1S/C21H16Br2N2/c22-17-10-6-15(7-11-17)20-14-21(16-8-12-18(23)13-9-16)25(24-20)19-4-2-1-3-5-19/h1-13,21H,14H2/t21-/m1/s1. The highest BCUT2D eigenvalue weighted by atomic mass is 79.9. The third-order valence-corrected chi connectivity index (χ3v) is 5.42. The molecule has 0 spiro atoms. The average molecular weight is 456 g/mol. The summed E-state index contributed by atoms with van der Waals surface area (Å²) in [7, 11) is 0. The molecule has 1 aliphatic heterocycles. The fourth-order valence-electron chi connectivity index (χ4n) is 3.09. The molecule has 3 aromatic rings. The van der Waals surface area contributed by atoms with Crippen LogP contribution in [0.4, 0.5) is 5.69 Å². The molecule has 0 radical (unpaired) electrons. The van der Waals surface area contributed by atoms with Crippen LogP contribution in [-0.4, -0.2) is 5.71 Å². The lowest BCUT2D eigenvalue weighted by Gasteiger charge is -2.24. The summed E-state index contributed by atoms with van der Waals surface area (Å²) in [5.74, 6) is 0. The number of benzene rings is 3. The molecule has 4 heteroatoms. The third kappa shape index (κ3) is 3.55. The van der Waals surface area contributed by atoms with Crippen LogP contribution in [0.15, 0.2) is 92.9 Å². The maximum absolute atomic E-state index is 4.96. The summed E-state index contributed by atoms with van der Waals surface area (Å²) in [4.78, 5) is 0. The highest BCUT2D eigenvalue weighted by Gasteiger charge is 2.29. The molecule has 0 saturated carbocycles. The Hall–Kier alpha value is -1.91. The van der Waals surface area contributed by atoms with Gasteiger partial charge in [-0.2, -0.15) is 5.10 Å². The zero-order chi connectivity index (χ0) is 17.2. The Morgan fingerprint density at radius 2 is 1.36 bits per heavy atom. The van der Waals surface area contributed by atoms with Gasteiger partial charge in [-0.3, -0.25) is 5.01 Å². The zero-order valence-electron chi connectivity index (χ0n) is 13.4. The Morgan fingerprint density at radius 1 is 0.760 bits per heavy atom. The highest BCUT2D eigenvalue weighted by Crippen LogP contribution is 2.37. The van der Waals surface area contributed by atoms with Crippen LogP contribution in [0.5, 0.6) is 0 Å². The fourth-order valence-corrected chi connectivity index (χ4v) is 3.62. The molecule has 0 unspecified atom stereocenters. The molecule has 0 N–H and O–H groups in total. The first-order valence-electron chi connectivity index (χ1n) is 8.14. The highest BCUT2D eigenvalue weighted by molar-refractivity contribution is 9.10. The van der Waals surface area contributed by atoms with Crippen LogP contribution in [0.2, 0.25) is 0 Å². The Balaban J connectivity index is 1.73. The molecule has 0 aliphatic carbocycles. The topological polar surface area (TPSA) is 15.6 Å². The molecule has 0 aromatic heterocycles. The summed E-state index contributed by atoms with van der Waals surface area (Å²) in [6, 6.07) is 27.5. The van der Waals surface area contributed by atoms with E-state index >= 15 is 0 Å². The van der Waals surface area contributed by atoms with E-state index in [9.17, 15) is 0 Å². The predicted octanol–water partition coefficient (Wildman–Crippen LogP) is 6.57. The quantitative estimate of drug-likeness (QED) is 0.436. The number of nitrogens with zero attached hydrogens (tertiary/aromatic N) is 2. The molecule has 3 aromatic carbocycles. The van der Waals surface area contributed by atoms with Crippen molar-refractivity contribution in [2.45, 2.75) is 12.5 Å². The van der Waals surface area contributed by atoms with E-state index in [4.69, 9.17) is 5.10 Å². The van der Waals surface area contributed by atoms with Crippen molar-refractivity contribution in [1.82, 2.24) is 0 Å². The van der Waals surface area contributed by atoms with E-state index in [0.717, 1.165) is 26.8 Å². The number of hydrazone groups is 1. The van der Waals surface area contributed by atoms with Crippen LogP contribution in [0.25, 0.3) is 0 Å². The minimum Gasteiger partial charge on any atom is -0.257 e. The van der Waals surface area contributed by atoms with Gasteiger partial charge in [-0.1, -0.05) is 74.3 Å². The van der Waals surface area contributed by atoms with Gasteiger partial charge >= 0.3 is 0 Å². The first-order valence-corrected chi connectivity index (χ1v) is 9.72. The Labute approximate surface area is 164 Å². The van der Waals surface area contributed by atoms with Crippen molar-refractivity contribution in [3.05, 3.63) is 98.9 Å². The van der Waals surface area contributed by atoms with Crippen molar-refractivity contribution in [1.29, 1.82) is 0 Å². The molecular weight excluding hydrogens is 440 g/mol. The molecule has 4 rings (SSSR count). The molecule has 0 amide bonds. The molecule has 25 heavy (non-hydrogen) atoms. The van der Waals surface area contributed by atoms with Gasteiger partial charge in [0.1, 0.15) is 0 Å². The Bertz CT molecular complexity index is 887. The van der Waals surface area contributed by atoms with Crippen molar-refractivity contribution in [2.24, 2.45) is 5.10 Å². The van der Waals surface area contributed by atoms with Gasteiger partial charge in [0.2, 0.25) is 0 Å². The SMILES string of the molecule is Brc1ccc(C2=NN(c3ccccc3)[C@@H](c3ccc(Br)cc3)C2)cc1. The van der Waals surface area contributed by atoms with Crippen molar-refractivity contribution in [2.75, 3.05) is 5.01 Å². The van der Waals surface area contributed by atoms with Gasteiger partial charge in [0.25, 0.3) is 0 Å². The number of halogens is 2. The molecule has 0 saturated heterocycles. The summed E-state index contributed by atoms with van der Waals surface area (Å²) < 4.78 is 2.17. The summed E-state index contributed by atoms with van der Waals surface area (Å²) in [6.07, 6.45) is 0.887. The lowest BCUT2D eigenvalue weighted by Crippen LogP contribution is -2.18. The zero-order valence-corrected chi connectivity index (χ0v) is 16.6. The summed E-state index contributed by atoms with van der Waals surface area (Å²) in [6.45, 7) is 0. The van der Waals surface area contributed by atoms with Crippen LogP contribution in [0, 0.1) is 0 Å². The number of anilines is 1. The van der Waals surface area contributed by atoms with Gasteiger partial charge in [-0.15, -0.1) is 0 Å². The molecule has 1 aliphatic rings. The molecule has 124 valence electrons. The van der Waals surface area contributed by atoms with Gasteiger partial charge in [0.15, 0.2) is 0 Å². The average Bonchev–Trinajstić information content (AvgIpc) is 3.09. The van der Waals surface area contributed by atoms with E-state index in [1.54, 1.807) is 0 Å². The lowest BCUT2D eigenvalue weighted by atomic mass is 9.98. The van der Waals surface area contributed by atoms with E-state index in [1.165, 1.54) is 11.1 Å². The first kappa shape index (κ1) is 16.6. The van der Waals surface area contributed by atoms with Crippen molar-refractivity contribution in [3.63, 3.8) is 0 Å². The predicted molar refractivity (Wildman–Crippen MR) is 111 cm³/mol. The van der Waals surface area contributed by atoms with Gasteiger partial charge in [0.05, 0.1) is 17.4 Å². The van der Waals surface area contributed by atoms with E-state index in [1.807, 2.05) is 6.07 Å². The number of rotatable bonds is 3. The maximum atomic E-state index is 4.96. The second-order valence-electron chi connectivity index (χ2n) is 6.01. The van der Waals surface area contributed by atoms with E-state index in [-0.39, 0.29) is 6.04 Å². The van der Waals surface area contributed by atoms with Crippen LogP contribution >= 0.6 is 31.9 Å². The monoisotopic (exact) mass is 454 g/mol. The summed E-state index contributed by atoms with van der Waals surface area (Å²) >= 11 is 7.03. The first-order chi connectivity index (χ1) is 12.2. The molecular formula is C21H16Br2N2. The molecule has 0 bridgehead atoms. The van der Waals surface area contributed by atoms with Crippen molar-refractivity contribution >= 4 is 43.3 Å². The smallest absolute Gasteiger partial charge is 0.0831 e.